The van der Waals surface area contributed by atoms with Crippen molar-refractivity contribution >= 4 is 0 Å². The standard InChI is InChI=1S/C32H46F6O4/c1-20-23(18-24(39)19-27(20)40)12-11-22-9-6-16-29(4)25(13-14-26(22)29)21(8-5-15-28(2,3)41)10-7-17-30(42,31(33,34)35)32(36,37)38/h7,11-12,17,21,24-27,39-42H,1,5-6,8-10,13-16,18-19H2,2-4H3/b17-7-,22-11+,23-12-/t21-,24-,25-,26+,27+,29-/m1/s1/i2D3,3D3. The zero-order valence-electron chi connectivity index (χ0n) is 29.7. The maximum atomic E-state index is 13.4. The molecule has 10 heteroatoms. The van der Waals surface area contributed by atoms with Gasteiger partial charge in [-0.15, -0.1) is 0 Å². The fourth-order valence-corrected chi connectivity index (χ4v) is 7.39. The summed E-state index contributed by atoms with van der Waals surface area (Å²) in [6, 6.07) is 0. The van der Waals surface area contributed by atoms with Gasteiger partial charge in [-0.25, -0.2) is 0 Å². The Morgan fingerprint density at radius 3 is 2.36 bits per heavy atom. The maximum Gasteiger partial charge on any atom is 0.429 e. The summed E-state index contributed by atoms with van der Waals surface area (Å²) >= 11 is 0. The molecule has 3 saturated carbocycles. The first kappa shape index (κ1) is 26.8. The Bertz CT molecular complexity index is 1230. The third-order valence-corrected chi connectivity index (χ3v) is 9.65. The van der Waals surface area contributed by atoms with Crippen LogP contribution in [0.4, 0.5) is 26.3 Å². The van der Waals surface area contributed by atoms with Gasteiger partial charge in [-0.3, -0.25) is 0 Å². The van der Waals surface area contributed by atoms with Crippen LogP contribution < -0.4 is 0 Å². The van der Waals surface area contributed by atoms with E-state index in [0.29, 0.717) is 42.9 Å². The first-order chi connectivity index (χ1) is 21.7. The van der Waals surface area contributed by atoms with Crippen LogP contribution in [-0.4, -0.2) is 56.2 Å². The molecule has 0 amide bonds. The van der Waals surface area contributed by atoms with Crippen molar-refractivity contribution in [2.75, 3.05) is 0 Å². The molecule has 0 unspecified atom stereocenters. The smallest absolute Gasteiger partial charge is 0.393 e. The van der Waals surface area contributed by atoms with Crippen LogP contribution in [-0.2, 0) is 0 Å². The van der Waals surface area contributed by atoms with Crippen LogP contribution in [0.5, 0.6) is 0 Å². The zero-order chi connectivity index (χ0) is 36.7. The molecule has 3 fully saturated rings. The molecular formula is C32H46F6O4. The number of aliphatic hydroxyl groups is 4. The Morgan fingerprint density at radius 2 is 1.74 bits per heavy atom. The minimum Gasteiger partial charge on any atom is -0.393 e. The molecule has 0 aliphatic heterocycles. The highest BCUT2D eigenvalue weighted by Crippen LogP contribution is 2.60. The Kier molecular flexibility index (Phi) is 8.14. The summed E-state index contributed by atoms with van der Waals surface area (Å²) in [4.78, 5) is 0. The van der Waals surface area contributed by atoms with Gasteiger partial charge in [0, 0.05) is 14.6 Å². The van der Waals surface area contributed by atoms with Gasteiger partial charge in [0.05, 0.1) is 17.8 Å². The monoisotopic (exact) mass is 614 g/mol. The van der Waals surface area contributed by atoms with E-state index in [1.165, 1.54) is 0 Å². The molecule has 3 aliphatic carbocycles. The molecule has 42 heavy (non-hydrogen) atoms. The second kappa shape index (κ2) is 12.8. The van der Waals surface area contributed by atoms with Crippen molar-refractivity contribution in [1.82, 2.24) is 0 Å². The van der Waals surface area contributed by atoms with Gasteiger partial charge >= 0.3 is 12.4 Å². The van der Waals surface area contributed by atoms with Crippen molar-refractivity contribution in [3.63, 3.8) is 0 Å². The average molecular weight is 615 g/mol. The lowest BCUT2D eigenvalue weighted by Gasteiger charge is -2.45. The minimum absolute atomic E-state index is 0.000943. The second-order valence-corrected chi connectivity index (χ2v) is 12.6. The maximum absolute atomic E-state index is 13.4. The lowest BCUT2D eigenvalue weighted by Crippen LogP contribution is -2.55. The van der Waals surface area contributed by atoms with E-state index in [4.69, 9.17) is 8.22 Å². The third-order valence-electron chi connectivity index (χ3n) is 9.65. The zero-order valence-corrected chi connectivity index (χ0v) is 23.7. The quantitative estimate of drug-likeness (QED) is 0.160. The molecule has 0 spiro atoms. The van der Waals surface area contributed by atoms with Gasteiger partial charge in [0.25, 0.3) is 5.60 Å². The van der Waals surface area contributed by atoms with Crippen molar-refractivity contribution in [3.8, 4) is 0 Å². The number of hydrogen-bond acceptors (Lipinski definition) is 4. The Hall–Kier alpha value is -1.62. The van der Waals surface area contributed by atoms with E-state index < -0.39 is 67.2 Å². The number of halogens is 6. The highest BCUT2D eigenvalue weighted by molar-refractivity contribution is 5.38. The summed E-state index contributed by atoms with van der Waals surface area (Å²) in [6.07, 6.45) is -7.04. The van der Waals surface area contributed by atoms with Gasteiger partial charge in [-0.2, -0.15) is 26.3 Å². The van der Waals surface area contributed by atoms with E-state index >= 15 is 0 Å². The van der Waals surface area contributed by atoms with E-state index in [1.54, 1.807) is 0 Å². The van der Waals surface area contributed by atoms with E-state index in [0.717, 1.165) is 18.4 Å². The molecule has 0 bridgehead atoms. The van der Waals surface area contributed by atoms with Crippen molar-refractivity contribution in [1.29, 1.82) is 0 Å². The summed E-state index contributed by atoms with van der Waals surface area (Å²) < 4.78 is 126. The molecule has 0 aromatic carbocycles. The molecule has 0 heterocycles. The molecule has 4 nitrogen and oxygen atoms in total. The summed E-state index contributed by atoms with van der Waals surface area (Å²) in [5.41, 5.74) is -6.35. The van der Waals surface area contributed by atoms with Crippen LogP contribution in [0.3, 0.4) is 0 Å². The Balaban J connectivity index is 1.95. The molecule has 0 aromatic heterocycles. The van der Waals surface area contributed by atoms with Crippen LogP contribution in [0.1, 0.15) is 99.5 Å². The van der Waals surface area contributed by atoms with E-state index in [1.807, 2.05) is 19.1 Å². The molecular weight excluding hydrogens is 562 g/mol. The minimum atomic E-state index is -6.05. The number of fused-ring (bicyclic) bond motifs is 1. The number of allylic oxidation sites excluding steroid dienone is 4. The summed E-state index contributed by atoms with van der Waals surface area (Å²) in [7, 11) is 0. The lowest BCUT2D eigenvalue weighted by molar-refractivity contribution is -0.347. The third kappa shape index (κ3) is 7.71. The number of alkyl halides is 6. The summed E-state index contributed by atoms with van der Waals surface area (Å²) in [5, 5.41) is 40.8. The SMILES string of the molecule is [2H]C([2H])([2H])C(O)(CCC[C@H](C/C=C\C(O)(C(F)(F)F)C(F)(F)F)[C@H]1CC[C@H]2/C(=C/C=C3/C[C@@H](O)C[C@H](O)C3=C)CCC[C@]12C)C([2H])([2H])[2H]. The molecule has 3 aliphatic rings. The largest absolute Gasteiger partial charge is 0.429 e. The Morgan fingerprint density at radius 1 is 1.07 bits per heavy atom. The van der Waals surface area contributed by atoms with Crippen LogP contribution >= 0.6 is 0 Å². The predicted molar refractivity (Wildman–Crippen MR) is 149 cm³/mol. The lowest BCUT2D eigenvalue weighted by atomic mass is 9.60. The summed E-state index contributed by atoms with van der Waals surface area (Å²) in [6.45, 7) is -0.648. The topological polar surface area (TPSA) is 80.9 Å². The molecule has 3 rings (SSSR count). The molecule has 4 N–H and O–H groups in total. The van der Waals surface area contributed by atoms with Gasteiger partial charge in [-0.1, -0.05) is 43.7 Å². The molecule has 0 aromatic rings. The van der Waals surface area contributed by atoms with Gasteiger partial charge in [0.15, 0.2) is 0 Å². The number of rotatable bonds is 9. The van der Waals surface area contributed by atoms with E-state index in [-0.39, 0.29) is 43.6 Å². The van der Waals surface area contributed by atoms with Crippen molar-refractivity contribution in [2.24, 2.45) is 23.2 Å². The second-order valence-electron chi connectivity index (χ2n) is 12.6. The van der Waals surface area contributed by atoms with Crippen LogP contribution in [0.15, 0.2) is 47.6 Å². The first-order valence-corrected chi connectivity index (χ1v) is 14.4. The summed E-state index contributed by atoms with van der Waals surface area (Å²) in [5.74, 6) is -0.939. The van der Waals surface area contributed by atoms with Crippen molar-refractivity contribution in [3.05, 3.63) is 47.6 Å². The molecule has 0 saturated heterocycles. The van der Waals surface area contributed by atoms with Gasteiger partial charge in [0.2, 0.25) is 0 Å². The number of hydrogen-bond donors (Lipinski definition) is 4. The fraction of sp³-hybridized carbons (Fsp3) is 0.750. The van der Waals surface area contributed by atoms with Crippen molar-refractivity contribution < 1.29 is 55.0 Å². The number of aliphatic hydroxyl groups excluding tert-OH is 2. The highest BCUT2D eigenvalue weighted by atomic mass is 19.4. The van der Waals surface area contributed by atoms with Crippen LogP contribution in [0.2, 0.25) is 0 Å². The molecule has 240 valence electrons. The van der Waals surface area contributed by atoms with E-state index in [2.05, 4.69) is 6.58 Å². The Labute approximate surface area is 253 Å². The molecule has 6 atom stereocenters. The van der Waals surface area contributed by atoms with Crippen LogP contribution in [0, 0.1) is 23.2 Å². The molecule has 0 radical (unpaired) electrons. The van der Waals surface area contributed by atoms with Gasteiger partial charge < -0.3 is 20.4 Å². The normalized spacial score (nSPS) is 35.4. The van der Waals surface area contributed by atoms with Crippen LogP contribution in [0.25, 0.3) is 0 Å². The highest BCUT2D eigenvalue weighted by Gasteiger charge is 2.69. The van der Waals surface area contributed by atoms with Crippen molar-refractivity contribution in [2.45, 2.75) is 127 Å². The fourth-order valence-electron chi connectivity index (χ4n) is 7.39. The van der Waals surface area contributed by atoms with E-state index in [9.17, 15) is 46.8 Å². The van der Waals surface area contributed by atoms with Gasteiger partial charge in [0.1, 0.15) is 0 Å². The predicted octanol–water partition coefficient (Wildman–Crippen LogP) is 7.49. The average Bonchev–Trinajstić information content (AvgIpc) is 3.28. The first-order valence-electron chi connectivity index (χ1n) is 17.4. The van der Waals surface area contributed by atoms with Gasteiger partial charge in [-0.05, 0) is 112 Å².